The number of carbonyl (C=O) groups excluding carboxylic acids is 1. The van der Waals surface area contributed by atoms with Gasteiger partial charge in [-0.2, -0.15) is 5.26 Å². The Bertz CT molecular complexity index is 659. The Kier molecular flexibility index (Phi) is 3.76. The van der Waals surface area contributed by atoms with Crippen LogP contribution in [0.15, 0.2) is 30.3 Å². The SMILES string of the molecule is CCC(C(=O)OC)c1cc2ccccc2nc1C#N. The molecule has 96 valence electrons. The molecule has 0 aliphatic heterocycles. The molecule has 1 aromatic heterocycles. The lowest BCUT2D eigenvalue weighted by atomic mass is 9.94. The van der Waals surface area contributed by atoms with Crippen LogP contribution in [0.4, 0.5) is 0 Å². The van der Waals surface area contributed by atoms with Gasteiger partial charge in [-0.05, 0) is 18.6 Å². The van der Waals surface area contributed by atoms with Crippen molar-refractivity contribution in [3.8, 4) is 6.07 Å². The second-order valence-corrected chi connectivity index (χ2v) is 4.21. The van der Waals surface area contributed by atoms with Crippen molar-refractivity contribution < 1.29 is 9.53 Å². The molecule has 19 heavy (non-hydrogen) atoms. The van der Waals surface area contributed by atoms with E-state index in [1.54, 1.807) is 0 Å². The summed E-state index contributed by atoms with van der Waals surface area (Å²) in [6.07, 6.45) is 0.571. The molecule has 0 aliphatic rings. The number of benzene rings is 1. The van der Waals surface area contributed by atoms with E-state index >= 15 is 0 Å². The highest BCUT2D eigenvalue weighted by molar-refractivity contribution is 5.84. The predicted octanol–water partition coefficient (Wildman–Crippen LogP) is 2.77. The van der Waals surface area contributed by atoms with E-state index in [-0.39, 0.29) is 11.7 Å². The normalized spacial score (nSPS) is 11.8. The van der Waals surface area contributed by atoms with Gasteiger partial charge in [-0.15, -0.1) is 0 Å². The lowest BCUT2D eigenvalue weighted by Crippen LogP contribution is -2.15. The molecular formula is C15H14N2O2. The van der Waals surface area contributed by atoms with Crippen LogP contribution < -0.4 is 0 Å². The zero-order valence-electron chi connectivity index (χ0n) is 10.9. The van der Waals surface area contributed by atoms with Crippen LogP contribution in [0.1, 0.15) is 30.5 Å². The number of esters is 1. The maximum Gasteiger partial charge on any atom is 0.313 e. The Morgan fingerprint density at radius 3 is 2.84 bits per heavy atom. The van der Waals surface area contributed by atoms with Gasteiger partial charge in [0.1, 0.15) is 11.8 Å². The summed E-state index contributed by atoms with van der Waals surface area (Å²) in [7, 11) is 1.35. The Hall–Kier alpha value is -2.41. The van der Waals surface area contributed by atoms with E-state index in [4.69, 9.17) is 4.74 Å². The van der Waals surface area contributed by atoms with E-state index < -0.39 is 5.92 Å². The van der Waals surface area contributed by atoms with Crippen molar-refractivity contribution in [3.05, 3.63) is 41.6 Å². The molecule has 0 radical (unpaired) electrons. The second-order valence-electron chi connectivity index (χ2n) is 4.21. The van der Waals surface area contributed by atoms with Crippen LogP contribution >= 0.6 is 0 Å². The smallest absolute Gasteiger partial charge is 0.313 e. The monoisotopic (exact) mass is 254 g/mol. The largest absolute Gasteiger partial charge is 0.469 e. The summed E-state index contributed by atoms with van der Waals surface area (Å²) in [4.78, 5) is 16.1. The van der Waals surface area contributed by atoms with Gasteiger partial charge in [0.15, 0.2) is 0 Å². The number of nitriles is 1. The molecule has 1 unspecified atom stereocenters. The van der Waals surface area contributed by atoms with Gasteiger partial charge in [0.05, 0.1) is 18.5 Å². The molecule has 0 N–H and O–H groups in total. The number of nitrogens with zero attached hydrogens (tertiary/aromatic N) is 2. The number of methoxy groups -OCH3 is 1. The third kappa shape index (κ3) is 2.41. The van der Waals surface area contributed by atoms with Gasteiger partial charge in [-0.3, -0.25) is 4.79 Å². The van der Waals surface area contributed by atoms with E-state index in [0.717, 1.165) is 10.9 Å². The number of carbonyl (C=O) groups is 1. The van der Waals surface area contributed by atoms with Gasteiger partial charge < -0.3 is 4.74 Å². The molecular weight excluding hydrogens is 240 g/mol. The zero-order valence-corrected chi connectivity index (χ0v) is 10.9. The molecule has 0 spiro atoms. The number of fused-ring (bicyclic) bond motifs is 1. The van der Waals surface area contributed by atoms with Gasteiger partial charge in [0.25, 0.3) is 0 Å². The van der Waals surface area contributed by atoms with Crippen molar-refractivity contribution in [1.29, 1.82) is 5.26 Å². The van der Waals surface area contributed by atoms with Gasteiger partial charge in [-0.25, -0.2) is 4.98 Å². The summed E-state index contributed by atoms with van der Waals surface area (Å²) < 4.78 is 4.79. The standard InChI is InChI=1S/C15H14N2O2/c1-3-11(15(18)19-2)12-8-10-6-4-5-7-13(10)17-14(12)9-16/h4-8,11H,3H2,1-2H3. The van der Waals surface area contributed by atoms with Crippen molar-refractivity contribution in [2.45, 2.75) is 19.3 Å². The second kappa shape index (κ2) is 5.49. The fourth-order valence-corrected chi connectivity index (χ4v) is 2.14. The van der Waals surface area contributed by atoms with E-state index in [9.17, 15) is 10.1 Å². The molecule has 0 aliphatic carbocycles. The molecule has 4 nitrogen and oxygen atoms in total. The first kappa shape index (κ1) is 13.0. The van der Waals surface area contributed by atoms with Crippen LogP contribution in [0.3, 0.4) is 0 Å². The minimum atomic E-state index is -0.447. The van der Waals surface area contributed by atoms with E-state index in [1.165, 1.54) is 7.11 Å². The van der Waals surface area contributed by atoms with E-state index in [0.29, 0.717) is 12.0 Å². The van der Waals surface area contributed by atoms with E-state index in [2.05, 4.69) is 11.1 Å². The molecule has 1 heterocycles. The highest BCUT2D eigenvalue weighted by Gasteiger charge is 2.23. The number of para-hydroxylation sites is 1. The molecule has 0 saturated heterocycles. The average molecular weight is 254 g/mol. The molecule has 2 rings (SSSR count). The molecule has 0 fully saturated rings. The van der Waals surface area contributed by atoms with Crippen molar-refractivity contribution in [3.63, 3.8) is 0 Å². The summed E-state index contributed by atoms with van der Waals surface area (Å²) >= 11 is 0. The minimum absolute atomic E-state index is 0.288. The Labute approximate surface area is 111 Å². The fraction of sp³-hybridized carbons (Fsp3) is 0.267. The first-order chi connectivity index (χ1) is 9.21. The third-order valence-electron chi connectivity index (χ3n) is 3.13. The van der Waals surface area contributed by atoms with Gasteiger partial charge in [0, 0.05) is 10.9 Å². The third-order valence-corrected chi connectivity index (χ3v) is 3.13. The molecule has 2 aromatic rings. The molecule has 0 bridgehead atoms. The van der Waals surface area contributed by atoms with E-state index in [1.807, 2.05) is 37.3 Å². The predicted molar refractivity (Wildman–Crippen MR) is 71.5 cm³/mol. The molecule has 4 heteroatoms. The summed E-state index contributed by atoms with van der Waals surface area (Å²) in [6, 6.07) is 11.4. The number of ether oxygens (including phenoxy) is 1. The lowest BCUT2D eigenvalue weighted by Gasteiger charge is -2.14. The Morgan fingerprint density at radius 1 is 1.47 bits per heavy atom. The minimum Gasteiger partial charge on any atom is -0.469 e. The van der Waals surface area contributed by atoms with Crippen molar-refractivity contribution in [2.24, 2.45) is 0 Å². The summed E-state index contributed by atoms with van der Waals surface area (Å²) in [6.45, 7) is 1.89. The van der Waals surface area contributed by atoms with Crippen LogP contribution in [-0.4, -0.2) is 18.1 Å². The first-order valence-electron chi connectivity index (χ1n) is 6.08. The number of pyridine rings is 1. The van der Waals surface area contributed by atoms with Crippen LogP contribution in [-0.2, 0) is 9.53 Å². The van der Waals surface area contributed by atoms with Crippen molar-refractivity contribution >= 4 is 16.9 Å². The van der Waals surface area contributed by atoms with Crippen LogP contribution in [0, 0.1) is 11.3 Å². The zero-order chi connectivity index (χ0) is 13.8. The Balaban J connectivity index is 2.64. The number of hydrogen-bond donors (Lipinski definition) is 0. The maximum atomic E-state index is 11.8. The fourth-order valence-electron chi connectivity index (χ4n) is 2.14. The molecule has 1 aromatic carbocycles. The number of rotatable bonds is 3. The Morgan fingerprint density at radius 2 is 2.21 bits per heavy atom. The van der Waals surface area contributed by atoms with Gasteiger partial charge in [-0.1, -0.05) is 25.1 Å². The average Bonchev–Trinajstić information content (AvgIpc) is 2.46. The first-order valence-corrected chi connectivity index (χ1v) is 6.08. The van der Waals surface area contributed by atoms with Gasteiger partial charge in [0.2, 0.25) is 0 Å². The molecule has 0 saturated carbocycles. The number of hydrogen-bond acceptors (Lipinski definition) is 4. The van der Waals surface area contributed by atoms with Crippen LogP contribution in [0.25, 0.3) is 10.9 Å². The highest BCUT2D eigenvalue weighted by atomic mass is 16.5. The number of aromatic nitrogens is 1. The maximum absolute atomic E-state index is 11.8. The van der Waals surface area contributed by atoms with Gasteiger partial charge >= 0.3 is 5.97 Å². The molecule has 0 amide bonds. The van der Waals surface area contributed by atoms with Crippen molar-refractivity contribution in [1.82, 2.24) is 4.98 Å². The summed E-state index contributed by atoms with van der Waals surface area (Å²) in [5.74, 6) is -0.784. The van der Waals surface area contributed by atoms with Crippen LogP contribution in [0.2, 0.25) is 0 Å². The highest BCUT2D eigenvalue weighted by Crippen LogP contribution is 2.26. The quantitative estimate of drug-likeness (QED) is 0.790. The topological polar surface area (TPSA) is 63.0 Å². The molecule has 1 atom stereocenters. The summed E-state index contributed by atoms with van der Waals surface area (Å²) in [5, 5.41) is 10.1. The lowest BCUT2D eigenvalue weighted by molar-refractivity contribution is -0.142. The van der Waals surface area contributed by atoms with Crippen molar-refractivity contribution in [2.75, 3.05) is 7.11 Å². The summed E-state index contributed by atoms with van der Waals surface area (Å²) in [5.41, 5.74) is 1.68. The van der Waals surface area contributed by atoms with Crippen LogP contribution in [0.5, 0.6) is 0 Å².